The van der Waals surface area contributed by atoms with Crippen LogP contribution in [-0.2, 0) is 14.8 Å². The fourth-order valence-corrected chi connectivity index (χ4v) is 4.96. The highest BCUT2D eigenvalue weighted by Crippen LogP contribution is 2.33. The van der Waals surface area contributed by atoms with Crippen molar-refractivity contribution in [2.45, 2.75) is 25.7 Å². The van der Waals surface area contributed by atoms with Gasteiger partial charge in [-0.1, -0.05) is 0 Å². The summed E-state index contributed by atoms with van der Waals surface area (Å²) in [6.07, 6.45) is 0. The van der Waals surface area contributed by atoms with Crippen molar-refractivity contribution in [3.63, 3.8) is 0 Å². The Hall–Kier alpha value is -3.24. The number of thiophene rings is 1. The molecule has 0 aliphatic rings. The van der Waals surface area contributed by atoms with E-state index < -0.39 is 27.7 Å². The number of sulfonamides is 1. The van der Waals surface area contributed by atoms with E-state index in [4.69, 9.17) is 4.74 Å². The lowest BCUT2D eigenvalue weighted by Gasteiger charge is -2.10. The first kappa shape index (κ1) is 23.4. The second-order valence-electron chi connectivity index (χ2n) is 6.80. The minimum Gasteiger partial charge on any atom is -0.462 e. The molecule has 1 aromatic heterocycles. The minimum atomic E-state index is -3.90. The van der Waals surface area contributed by atoms with Gasteiger partial charge in [-0.3, -0.25) is 9.52 Å². The fraction of sp³-hybridized carbons (Fsp3) is 0.182. The summed E-state index contributed by atoms with van der Waals surface area (Å²) in [5, 5.41) is 3.12. The normalized spacial score (nSPS) is 11.1. The first-order chi connectivity index (χ1) is 15.1. The van der Waals surface area contributed by atoms with E-state index in [1.54, 1.807) is 13.8 Å². The third-order valence-corrected chi connectivity index (χ3v) is 7.14. The maximum Gasteiger partial charge on any atom is 0.341 e. The van der Waals surface area contributed by atoms with Gasteiger partial charge in [0.1, 0.15) is 10.8 Å². The van der Waals surface area contributed by atoms with E-state index in [9.17, 15) is 22.4 Å². The van der Waals surface area contributed by atoms with Crippen LogP contribution in [0.2, 0.25) is 0 Å². The van der Waals surface area contributed by atoms with Crippen molar-refractivity contribution in [3.05, 3.63) is 75.9 Å². The molecule has 0 aliphatic heterocycles. The summed E-state index contributed by atoms with van der Waals surface area (Å²) >= 11 is 1.28. The maximum atomic E-state index is 13.0. The van der Waals surface area contributed by atoms with Crippen molar-refractivity contribution in [1.29, 1.82) is 0 Å². The summed E-state index contributed by atoms with van der Waals surface area (Å²) in [6, 6.07) is 10.2. The van der Waals surface area contributed by atoms with Crippen molar-refractivity contribution in [3.8, 4) is 0 Å². The molecule has 0 spiro atoms. The number of carbonyl (C=O) groups excluding carboxylic acids is 2. The first-order valence-corrected chi connectivity index (χ1v) is 11.9. The van der Waals surface area contributed by atoms with Gasteiger partial charge in [0.25, 0.3) is 15.9 Å². The molecule has 3 rings (SSSR count). The van der Waals surface area contributed by atoms with E-state index in [0.717, 1.165) is 34.7 Å². The summed E-state index contributed by atoms with van der Waals surface area (Å²) in [5.74, 6) is -1.50. The lowest BCUT2D eigenvalue weighted by Crippen LogP contribution is -2.15. The Morgan fingerprint density at radius 3 is 2.25 bits per heavy atom. The van der Waals surface area contributed by atoms with Gasteiger partial charge in [-0.25, -0.2) is 17.6 Å². The first-order valence-electron chi connectivity index (χ1n) is 9.59. The van der Waals surface area contributed by atoms with Crippen LogP contribution in [0.15, 0.2) is 53.4 Å². The van der Waals surface area contributed by atoms with E-state index in [0.29, 0.717) is 10.6 Å². The number of esters is 1. The molecule has 0 atom stereocenters. The summed E-state index contributed by atoms with van der Waals surface area (Å²) in [6.45, 7) is 5.56. The van der Waals surface area contributed by atoms with Crippen LogP contribution in [0.4, 0.5) is 15.1 Å². The van der Waals surface area contributed by atoms with E-state index in [1.807, 2.05) is 6.92 Å². The second kappa shape index (κ2) is 9.49. The van der Waals surface area contributed by atoms with Crippen LogP contribution in [-0.4, -0.2) is 26.9 Å². The highest BCUT2D eigenvalue weighted by molar-refractivity contribution is 7.92. The molecule has 0 aliphatic carbocycles. The zero-order valence-corrected chi connectivity index (χ0v) is 19.2. The van der Waals surface area contributed by atoms with Crippen LogP contribution in [0.5, 0.6) is 0 Å². The molecule has 1 amide bonds. The molecule has 32 heavy (non-hydrogen) atoms. The van der Waals surface area contributed by atoms with Gasteiger partial charge < -0.3 is 10.1 Å². The Balaban J connectivity index is 1.76. The van der Waals surface area contributed by atoms with Crippen molar-refractivity contribution < 1.29 is 27.1 Å². The third kappa shape index (κ3) is 5.14. The van der Waals surface area contributed by atoms with E-state index in [-0.39, 0.29) is 22.8 Å². The summed E-state index contributed by atoms with van der Waals surface area (Å²) in [5.41, 5.74) is 1.58. The Labute approximate surface area is 189 Å². The van der Waals surface area contributed by atoms with Crippen molar-refractivity contribution >= 4 is 43.9 Å². The molecule has 10 heteroatoms. The Kier molecular flexibility index (Phi) is 6.95. The Bertz CT molecular complexity index is 1250. The molecule has 1 heterocycles. The molecule has 2 N–H and O–H groups in total. The van der Waals surface area contributed by atoms with Gasteiger partial charge in [-0.2, -0.15) is 0 Å². The average molecular weight is 477 g/mol. The van der Waals surface area contributed by atoms with Crippen molar-refractivity contribution in [2.24, 2.45) is 0 Å². The number of anilines is 2. The number of hydrogen-bond donors (Lipinski definition) is 2. The third-order valence-electron chi connectivity index (χ3n) is 4.62. The van der Waals surface area contributed by atoms with Gasteiger partial charge >= 0.3 is 5.97 Å². The molecule has 0 fully saturated rings. The van der Waals surface area contributed by atoms with E-state index in [1.165, 1.54) is 35.6 Å². The molecule has 0 radical (unpaired) electrons. The second-order valence-corrected chi connectivity index (χ2v) is 9.71. The largest absolute Gasteiger partial charge is 0.462 e. The molecule has 2 aromatic carbocycles. The highest BCUT2D eigenvalue weighted by atomic mass is 32.2. The predicted octanol–water partition coefficient (Wildman–Crippen LogP) is 4.73. The van der Waals surface area contributed by atoms with Gasteiger partial charge in [-0.15, -0.1) is 11.3 Å². The Morgan fingerprint density at radius 2 is 1.66 bits per heavy atom. The lowest BCUT2D eigenvalue weighted by molar-refractivity contribution is 0.0527. The molecular formula is C22H21FN2O5S2. The van der Waals surface area contributed by atoms with E-state index >= 15 is 0 Å². The zero-order valence-electron chi connectivity index (χ0n) is 17.6. The van der Waals surface area contributed by atoms with Crippen LogP contribution >= 0.6 is 11.3 Å². The summed E-state index contributed by atoms with van der Waals surface area (Å²) in [7, 11) is -3.90. The number of carbonyl (C=O) groups is 2. The molecule has 0 bridgehead atoms. The average Bonchev–Trinajstić information content (AvgIpc) is 3.02. The lowest BCUT2D eigenvalue weighted by atomic mass is 10.1. The number of hydrogen-bond acceptors (Lipinski definition) is 6. The fourth-order valence-electron chi connectivity index (χ4n) is 2.86. The number of nitrogens with one attached hydrogen (secondary N) is 2. The number of amides is 1. The monoisotopic (exact) mass is 476 g/mol. The molecule has 168 valence electrons. The highest BCUT2D eigenvalue weighted by Gasteiger charge is 2.22. The van der Waals surface area contributed by atoms with E-state index in [2.05, 4.69) is 10.0 Å². The summed E-state index contributed by atoms with van der Waals surface area (Å²) < 4.78 is 45.3. The van der Waals surface area contributed by atoms with Crippen molar-refractivity contribution in [2.75, 3.05) is 16.6 Å². The van der Waals surface area contributed by atoms with Crippen LogP contribution in [0.25, 0.3) is 0 Å². The van der Waals surface area contributed by atoms with Crippen LogP contribution in [0.3, 0.4) is 0 Å². The topological polar surface area (TPSA) is 102 Å². The molecule has 0 saturated heterocycles. The standard InChI is InChI=1S/C22H21FN2O5S2/c1-4-30-22(27)19-13(2)14(3)31-21(19)24-20(26)15-5-9-17(10-6-15)25-32(28,29)18-11-7-16(23)8-12-18/h5-12,25H,4H2,1-3H3,(H,24,26). The number of halogens is 1. The van der Waals surface area contributed by atoms with Crippen LogP contribution in [0.1, 0.15) is 38.1 Å². The molecule has 7 nitrogen and oxygen atoms in total. The van der Waals surface area contributed by atoms with Crippen LogP contribution in [0, 0.1) is 19.7 Å². The van der Waals surface area contributed by atoms with Crippen LogP contribution < -0.4 is 10.0 Å². The molecular weight excluding hydrogens is 455 g/mol. The molecule has 0 unspecified atom stereocenters. The van der Waals surface area contributed by atoms with Gasteiger partial charge in [0, 0.05) is 16.1 Å². The quantitative estimate of drug-likeness (QED) is 0.480. The SMILES string of the molecule is CCOC(=O)c1c(NC(=O)c2ccc(NS(=O)(=O)c3ccc(F)cc3)cc2)sc(C)c1C. The van der Waals surface area contributed by atoms with Gasteiger partial charge in [0.05, 0.1) is 17.1 Å². The van der Waals surface area contributed by atoms with Gasteiger partial charge in [-0.05, 0) is 74.9 Å². The summed E-state index contributed by atoms with van der Waals surface area (Å²) in [4.78, 5) is 25.8. The maximum absolute atomic E-state index is 13.0. The van der Waals surface area contributed by atoms with Crippen molar-refractivity contribution in [1.82, 2.24) is 0 Å². The Morgan fingerprint density at radius 1 is 1.03 bits per heavy atom. The van der Waals surface area contributed by atoms with Gasteiger partial charge in [0.2, 0.25) is 0 Å². The smallest absolute Gasteiger partial charge is 0.341 e. The van der Waals surface area contributed by atoms with Gasteiger partial charge in [0.15, 0.2) is 0 Å². The number of rotatable bonds is 7. The molecule has 3 aromatic rings. The number of benzene rings is 2. The number of aryl methyl sites for hydroxylation is 1. The predicted molar refractivity (Wildman–Crippen MR) is 121 cm³/mol. The molecule has 0 saturated carbocycles. The minimum absolute atomic E-state index is 0.0874. The zero-order chi connectivity index (χ0) is 23.5. The number of ether oxygens (including phenoxy) is 1.